The molecule has 1 aromatic heterocycles. The van der Waals surface area contributed by atoms with Crippen molar-refractivity contribution in [3.05, 3.63) is 69.5 Å². The third-order valence-corrected chi connectivity index (χ3v) is 3.29. The fraction of sp³-hybridized carbons (Fsp3) is 0.0667. The van der Waals surface area contributed by atoms with Crippen LogP contribution in [0.3, 0.4) is 0 Å². The number of nitrogens with zero attached hydrogens (tertiary/aromatic N) is 3. The number of halogens is 1. The SMILES string of the molecule is O=[N+]([O-])c1cccc(-c2n[nH]c(COc3ccc(Cl)cc3)n2)c1. The zero-order valence-electron chi connectivity index (χ0n) is 11.8. The Hall–Kier alpha value is -2.93. The van der Waals surface area contributed by atoms with E-state index < -0.39 is 4.92 Å². The molecule has 1 N–H and O–H groups in total. The Balaban J connectivity index is 1.71. The van der Waals surface area contributed by atoms with Gasteiger partial charge in [0.2, 0.25) is 0 Å². The van der Waals surface area contributed by atoms with E-state index in [1.807, 2.05) is 0 Å². The third-order valence-electron chi connectivity index (χ3n) is 3.04. The van der Waals surface area contributed by atoms with Crippen LogP contribution < -0.4 is 4.74 Å². The van der Waals surface area contributed by atoms with Gasteiger partial charge in [-0.15, -0.1) is 0 Å². The highest BCUT2D eigenvalue weighted by molar-refractivity contribution is 6.30. The van der Waals surface area contributed by atoms with Crippen LogP contribution in [0.5, 0.6) is 5.75 Å². The molecule has 0 atom stereocenters. The molecule has 116 valence electrons. The molecule has 1 heterocycles. The maximum atomic E-state index is 10.8. The van der Waals surface area contributed by atoms with Crippen molar-refractivity contribution in [1.82, 2.24) is 15.2 Å². The Morgan fingerprint density at radius 2 is 2.00 bits per heavy atom. The van der Waals surface area contributed by atoms with Crippen molar-refractivity contribution >= 4 is 17.3 Å². The van der Waals surface area contributed by atoms with Gasteiger partial charge in [0.1, 0.15) is 12.4 Å². The lowest BCUT2D eigenvalue weighted by molar-refractivity contribution is -0.384. The minimum Gasteiger partial charge on any atom is -0.486 e. The summed E-state index contributed by atoms with van der Waals surface area (Å²) in [7, 11) is 0. The van der Waals surface area contributed by atoms with Crippen LogP contribution in [0.2, 0.25) is 5.02 Å². The smallest absolute Gasteiger partial charge is 0.270 e. The summed E-state index contributed by atoms with van der Waals surface area (Å²) in [4.78, 5) is 14.6. The maximum Gasteiger partial charge on any atom is 0.270 e. The Morgan fingerprint density at radius 1 is 1.22 bits per heavy atom. The minimum atomic E-state index is -0.458. The highest BCUT2D eigenvalue weighted by Crippen LogP contribution is 2.21. The number of nitro groups is 1. The van der Waals surface area contributed by atoms with Gasteiger partial charge in [-0.25, -0.2) is 4.98 Å². The second-order valence-electron chi connectivity index (χ2n) is 4.66. The molecule has 23 heavy (non-hydrogen) atoms. The topological polar surface area (TPSA) is 93.9 Å². The summed E-state index contributed by atoms with van der Waals surface area (Å²) in [6.07, 6.45) is 0. The number of non-ortho nitro benzene ring substituents is 1. The van der Waals surface area contributed by atoms with E-state index in [1.54, 1.807) is 36.4 Å². The standard InChI is InChI=1S/C15H11ClN4O3/c16-11-4-6-13(7-5-11)23-9-14-17-15(19-18-14)10-2-1-3-12(8-10)20(21)22/h1-8H,9H2,(H,17,18,19). The average Bonchev–Trinajstić information content (AvgIpc) is 3.03. The molecule has 0 saturated heterocycles. The molecule has 0 aliphatic rings. The van der Waals surface area contributed by atoms with Gasteiger partial charge in [0.15, 0.2) is 11.6 Å². The summed E-state index contributed by atoms with van der Waals surface area (Å²) in [6.45, 7) is 0.198. The van der Waals surface area contributed by atoms with E-state index in [4.69, 9.17) is 16.3 Å². The molecule has 0 bridgehead atoms. The van der Waals surface area contributed by atoms with Gasteiger partial charge in [0, 0.05) is 22.7 Å². The fourth-order valence-corrected chi connectivity index (χ4v) is 2.06. The van der Waals surface area contributed by atoms with Gasteiger partial charge in [-0.05, 0) is 24.3 Å². The highest BCUT2D eigenvalue weighted by Gasteiger charge is 2.11. The van der Waals surface area contributed by atoms with Crippen molar-refractivity contribution < 1.29 is 9.66 Å². The van der Waals surface area contributed by atoms with Gasteiger partial charge in [-0.3, -0.25) is 15.2 Å². The number of hydrogen-bond acceptors (Lipinski definition) is 5. The van der Waals surface area contributed by atoms with Crippen molar-refractivity contribution in [3.8, 4) is 17.1 Å². The zero-order chi connectivity index (χ0) is 16.2. The lowest BCUT2D eigenvalue weighted by atomic mass is 10.2. The zero-order valence-corrected chi connectivity index (χ0v) is 12.5. The summed E-state index contributed by atoms with van der Waals surface area (Å²) in [5, 5.41) is 18.2. The van der Waals surface area contributed by atoms with E-state index in [9.17, 15) is 10.1 Å². The molecule has 8 heteroatoms. The second-order valence-corrected chi connectivity index (χ2v) is 5.09. The van der Waals surface area contributed by atoms with Gasteiger partial charge in [-0.1, -0.05) is 23.7 Å². The predicted molar refractivity (Wildman–Crippen MR) is 84.3 cm³/mol. The Labute approximate surface area is 136 Å². The molecule has 0 fully saturated rings. The Morgan fingerprint density at radius 3 is 2.74 bits per heavy atom. The van der Waals surface area contributed by atoms with Crippen molar-refractivity contribution in [1.29, 1.82) is 0 Å². The van der Waals surface area contributed by atoms with Gasteiger partial charge in [0.25, 0.3) is 5.69 Å². The molecule has 7 nitrogen and oxygen atoms in total. The number of ether oxygens (including phenoxy) is 1. The molecule has 3 rings (SSSR count). The molecule has 0 spiro atoms. The monoisotopic (exact) mass is 330 g/mol. The number of rotatable bonds is 5. The lowest BCUT2D eigenvalue weighted by Crippen LogP contribution is -1.97. The highest BCUT2D eigenvalue weighted by atomic mass is 35.5. The van der Waals surface area contributed by atoms with Crippen LogP contribution in [0.25, 0.3) is 11.4 Å². The van der Waals surface area contributed by atoms with E-state index in [-0.39, 0.29) is 12.3 Å². The van der Waals surface area contributed by atoms with Crippen molar-refractivity contribution in [2.75, 3.05) is 0 Å². The van der Waals surface area contributed by atoms with E-state index in [1.165, 1.54) is 12.1 Å². The molecular formula is C15H11ClN4O3. The molecule has 3 aromatic rings. The number of H-pyrrole nitrogens is 1. The number of aromatic nitrogens is 3. The Kier molecular flexibility index (Phi) is 4.20. The summed E-state index contributed by atoms with van der Waals surface area (Å²) < 4.78 is 5.56. The first kappa shape index (κ1) is 15.0. The molecule has 0 aliphatic carbocycles. The number of hydrogen-bond donors (Lipinski definition) is 1. The quantitative estimate of drug-likeness (QED) is 0.569. The number of benzene rings is 2. The van der Waals surface area contributed by atoms with Gasteiger partial charge < -0.3 is 4.74 Å². The predicted octanol–water partition coefficient (Wildman–Crippen LogP) is 3.61. The van der Waals surface area contributed by atoms with Crippen molar-refractivity contribution in [2.24, 2.45) is 0 Å². The Bertz CT molecular complexity index is 833. The number of nitrogens with one attached hydrogen (secondary N) is 1. The molecule has 2 aromatic carbocycles. The molecule has 0 amide bonds. The number of nitro benzene ring substituents is 1. The number of aromatic amines is 1. The largest absolute Gasteiger partial charge is 0.486 e. The molecular weight excluding hydrogens is 320 g/mol. The summed E-state index contributed by atoms with van der Waals surface area (Å²) in [5.74, 6) is 1.55. The van der Waals surface area contributed by atoms with Crippen molar-refractivity contribution in [2.45, 2.75) is 6.61 Å². The first-order chi connectivity index (χ1) is 11.1. The summed E-state index contributed by atoms with van der Waals surface area (Å²) in [5.41, 5.74) is 0.555. The third kappa shape index (κ3) is 3.64. The van der Waals surface area contributed by atoms with E-state index >= 15 is 0 Å². The van der Waals surface area contributed by atoms with Crippen LogP contribution in [0.1, 0.15) is 5.82 Å². The average molecular weight is 331 g/mol. The molecule has 0 aliphatic heterocycles. The summed E-state index contributed by atoms with van der Waals surface area (Å²) in [6, 6.07) is 13.1. The van der Waals surface area contributed by atoms with Gasteiger partial charge in [-0.2, -0.15) is 5.10 Å². The van der Waals surface area contributed by atoms with Crippen LogP contribution in [0, 0.1) is 10.1 Å². The first-order valence-electron chi connectivity index (χ1n) is 6.66. The fourth-order valence-electron chi connectivity index (χ4n) is 1.93. The van der Waals surface area contributed by atoms with Crippen LogP contribution in [-0.4, -0.2) is 20.1 Å². The van der Waals surface area contributed by atoms with Gasteiger partial charge in [0.05, 0.1) is 4.92 Å². The van der Waals surface area contributed by atoms with Crippen LogP contribution in [0.15, 0.2) is 48.5 Å². The van der Waals surface area contributed by atoms with Crippen LogP contribution >= 0.6 is 11.6 Å². The normalized spacial score (nSPS) is 10.5. The minimum absolute atomic E-state index is 0.00809. The first-order valence-corrected chi connectivity index (χ1v) is 7.04. The van der Waals surface area contributed by atoms with Crippen LogP contribution in [-0.2, 0) is 6.61 Å². The maximum absolute atomic E-state index is 10.8. The van der Waals surface area contributed by atoms with E-state index in [0.29, 0.717) is 28.0 Å². The molecule has 0 saturated carbocycles. The van der Waals surface area contributed by atoms with Gasteiger partial charge >= 0.3 is 0 Å². The van der Waals surface area contributed by atoms with Crippen LogP contribution in [0.4, 0.5) is 5.69 Å². The lowest BCUT2D eigenvalue weighted by Gasteiger charge is -2.03. The second kappa shape index (κ2) is 6.45. The molecule has 0 radical (unpaired) electrons. The summed E-state index contributed by atoms with van der Waals surface area (Å²) >= 11 is 5.80. The van der Waals surface area contributed by atoms with Crippen molar-refractivity contribution in [3.63, 3.8) is 0 Å². The van der Waals surface area contributed by atoms with E-state index in [2.05, 4.69) is 15.2 Å². The van der Waals surface area contributed by atoms with E-state index in [0.717, 1.165) is 0 Å². The molecule has 0 unspecified atom stereocenters.